The van der Waals surface area contributed by atoms with Crippen LogP contribution in [0.1, 0.15) is 15.9 Å². The van der Waals surface area contributed by atoms with Gasteiger partial charge in [-0.3, -0.25) is 9.48 Å². The number of halogens is 1. The number of carbonyl (C=O) groups is 1. The summed E-state index contributed by atoms with van der Waals surface area (Å²) in [6.45, 7) is 4.31. The highest BCUT2D eigenvalue weighted by atomic mass is 19.1. The van der Waals surface area contributed by atoms with Crippen LogP contribution in [-0.2, 0) is 7.05 Å². The number of carbonyl (C=O) groups excluding carboxylic acids is 1. The Bertz CT molecular complexity index is 975. The van der Waals surface area contributed by atoms with Gasteiger partial charge in [0.15, 0.2) is 5.65 Å². The number of rotatable bonds is 2. The SMILES string of the molecule is Cc1ccc(C(=O)N2CCN(c3ccnc4c3cnn4C)CC2)cc1F. The van der Waals surface area contributed by atoms with Crippen molar-refractivity contribution >= 4 is 22.6 Å². The molecule has 1 fully saturated rings. The van der Waals surface area contributed by atoms with Crippen LogP contribution in [-0.4, -0.2) is 51.8 Å². The zero-order chi connectivity index (χ0) is 18.3. The lowest BCUT2D eigenvalue weighted by molar-refractivity contribution is 0.0746. The molecule has 1 aromatic carbocycles. The second-order valence-electron chi connectivity index (χ2n) is 6.58. The number of hydrogen-bond acceptors (Lipinski definition) is 4. The fraction of sp³-hybridized carbons (Fsp3) is 0.316. The average molecular weight is 353 g/mol. The van der Waals surface area contributed by atoms with Crippen LogP contribution in [0.25, 0.3) is 11.0 Å². The molecule has 0 spiro atoms. The van der Waals surface area contributed by atoms with Crippen LogP contribution >= 0.6 is 0 Å². The van der Waals surface area contributed by atoms with Gasteiger partial charge >= 0.3 is 0 Å². The summed E-state index contributed by atoms with van der Waals surface area (Å²) in [6, 6.07) is 6.65. The van der Waals surface area contributed by atoms with Crippen molar-refractivity contribution in [2.24, 2.45) is 7.05 Å². The molecule has 1 amide bonds. The van der Waals surface area contributed by atoms with Crippen LogP contribution in [0.2, 0.25) is 0 Å². The Hall–Kier alpha value is -2.96. The van der Waals surface area contributed by atoms with E-state index in [0.717, 1.165) is 16.7 Å². The number of anilines is 1. The van der Waals surface area contributed by atoms with Crippen LogP contribution < -0.4 is 4.90 Å². The Morgan fingerprint density at radius 2 is 1.92 bits per heavy atom. The predicted molar refractivity (Wildman–Crippen MR) is 97.8 cm³/mol. The standard InChI is InChI=1S/C19H20FN5O/c1-13-3-4-14(11-16(13)20)19(26)25-9-7-24(8-10-25)17-5-6-21-18-15(17)12-22-23(18)2/h3-6,11-12H,7-10H2,1-2H3. The first-order valence-corrected chi connectivity index (χ1v) is 8.61. The summed E-state index contributed by atoms with van der Waals surface area (Å²) in [7, 11) is 1.87. The van der Waals surface area contributed by atoms with Gasteiger partial charge in [-0.15, -0.1) is 0 Å². The second kappa shape index (κ2) is 6.40. The Labute approximate surface area is 150 Å². The van der Waals surface area contributed by atoms with E-state index in [-0.39, 0.29) is 11.7 Å². The minimum atomic E-state index is -0.342. The van der Waals surface area contributed by atoms with E-state index in [1.807, 2.05) is 19.3 Å². The highest BCUT2D eigenvalue weighted by Crippen LogP contribution is 2.26. The number of pyridine rings is 1. The molecule has 0 radical (unpaired) electrons. The Kier molecular flexibility index (Phi) is 4.06. The van der Waals surface area contributed by atoms with Crippen molar-refractivity contribution in [1.82, 2.24) is 19.7 Å². The van der Waals surface area contributed by atoms with Crippen molar-refractivity contribution in [2.45, 2.75) is 6.92 Å². The molecule has 0 bridgehead atoms. The van der Waals surface area contributed by atoms with Gasteiger partial charge in [0.25, 0.3) is 5.91 Å². The van der Waals surface area contributed by atoms with Crippen LogP contribution in [0.15, 0.2) is 36.7 Å². The highest BCUT2D eigenvalue weighted by molar-refractivity contribution is 5.94. The van der Waals surface area contributed by atoms with Gasteiger partial charge in [0.2, 0.25) is 0 Å². The van der Waals surface area contributed by atoms with Gasteiger partial charge in [-0.1, -0.05) is 6.07 Å². The molecule has 3 aromatic rings. The maximum absolute atomic E-state index is 13.7. The molecule has 4 rings (SSSR count). The lowest BCUT2D eigenvalue weighted by Crippen LogP contribution is -2.48. The lowest BCUT2D eigenvalue weighted by atomic mass is 10.1. The second-order valence-corrected chi connectivity index (χ2v) is 6.58. The van der Waals surface area contributed by atoms with Crippen molar-refractivity contribution in [1.29, 1.82) is 0 Å². The van der Waals surface area contributed by atoms with Crippen molar-refractivity contribution in [3.05, 3.63) is 53.6 Å². The third kappa shape index (κ3) is 2.79. The topological polar surface area (TPSA) is 54.3 Å². The summed E-state index contributed by atoms with van der Waals surface area (Å²) in [5, 5.41) is 5.29. The molecular weight excluding hydrogens is 333 g/mol. The number of fused-ring (bicyclic) bond motifs is 1. The quantitative estimate of drug-likeness (QED) is 0.710. The van der Waals surface area contributed by atoms with E-state index in [2.05, 4.69) is 15.0 Å². The minimum Gasteiger partial charge on any atom is -0.367 e. The number of nitrogens with zero attached hydrogens (tertiary/aromatic N) is 5. The molecule has 0 aliphatic carbocycles. The summed E-state index contributed by atoms with van der Waals surface area (Å²) in [5.41, 5.74) is 2.87. The fourth-order valence-electron chi connectivity index (χ4n) is 3.37. The zero-order valence-electron chi connectivity index (χ0n) is 14.8. The van der Waals surface area contributed by atoms with Gasteiger partial charge in [-0.2, -0.15) is 5.10 Å². The smallest absolute Gasteiger partial charge is 0.254 e. The molecule has 0 unspecified atom stereocenters. The number of aromatic nitrogens is 3. The molecule has 1 aliphatic rings. The maximum Gasteiger partial charge on any atom is 0.254 e. The lowest BCUT2D eigenvalue weighted by Gasteiger charge is -2.36. The largest absolute Gasteiger partial charge is 0.367 e. The molecular formula is C19H20FN5O. The number of piperazine rings is 1. The monoisotopic (exact) mass is 353 g/mol. The molecule has 1 aliphatic heterocycles. The van der Waals surface area contributed by atoms with E-state index >= 15 is 0 Å². The number of hydrogen-bond donors (Lipinski definition) is 0. The molecule has 26 heavy (non-hydrogen) atoms. The van der Waals surface area contributed by atoms with Gasteiger partial charge in [-0.25, -0.2) is 9.37 Å². The normalized spacial score (nSPS) is 14.9. The molecule has 2 aromatic heterocycles. The molecule has 0 N–H and O–H groups in total. The van der Waals surface area contributed by atoms with E-state index in [4.69, 9.17) is 0 Å². The van der Waals surface area contributed by atoms with E-state index < -0.39 is 0 Å². The Morgan fingerprint density at radius 1 is 1.15 bits per heavy atom. The molecule has 7 heteroatoms. The Balaban J connectivity index is 1.50. The molecule has 3 heterocycles. The molecule has 6 nitrogen and oxygen atoms in total. The summed E-state index contributed by atoms with van der Waals surface area (Å²) in [6.07, 6.45) is 3.61. The fourth-order valence-corrected chi connectivity index (χ4v) is 3.37. The van der Waals surface area contributed by atoms with E-state index in [0.29, 0.717) is 37.3 Å². The van der Waals surface area contributed by atoms with Crippen LogP contribution in [0.5, 0.6) is 0 Å². The molecule has 0 saturated carbocycles. The molecule has 1 saturated heterocycles. The van der Waals surface area contributed by atoms with Crippen molar-refractivity contribution in [2.75, 3.05) is 31.1 Å². The summed E-state index contributed by atoms with van der Waals surface area (Å²) >= 11 is 0. The highest BCUT2D eigenvalue weighted by Gasteiger charge is 2.24. The van der Waals surface area contributed by atoms with Gasteiger partial charge in [-0.05, 0) is 30.7 Å². The number of aryl methyl sites for hydroxylation is 2. The Morgan fingerprint density at radius 3 is 2.65 bits per heavy atom. The summed E-state index contributed by atoms with van der Waals surface area (Å²) in [5.74, 6) is -0.463. The van der Waals surface area contributed by atoms with Crippen LogP contribution in [0.4, 0.5) is 10.1 Å². The first kappa shape index (κ1) is 16.5. The van der Waals surface area contributed by atoms with Crippen molar-refractivity contribution < 1.29 is 9.18 Å². The van der Waals surface area contributed by atoms with Gasteiger partial charge < -0.3 is 9.80 Å². The van der Waals surface area contributed by atoms with Crippen molar-refractivity contribution in [3.63, 3.8) is 0 Å². The predicted octanol–water partition coefficient (Wildman–Crippen LogP) is 2.38. The maximum atomic E-state index is 13.7. The van der Waals surface area contributed by atoms with Gasteiger partial charge in [0, 0.05) is 45.0 Å². The first-order valence-electron chi connectivity index (χ1n) is 8.61. The number of amides is 1. The van der Waals surface area contributed by atoms with E-state index in [9.17, 15) is 9.18 Å². The van der Waals surface area contributed by atoms with E-state index in [1.165, 1.54) is 6.07 Å². The van der Waals surface area contributed by atoms with Crippen LogP contribution in [0, 0.1) is 12.7 Å². The van der Waals surface area contributed by atoms with Crippen molar-refractivity contribution in [3.8, 4) is 0 Å². The molecule has 0 atom stereocenters. The van der Waals surface area contributed by atoms with Gasteiger partial charge in [0.05, 0.1) is 17.3 Å². The third-order valence-electron chi connectivity index (χ3n) is 4.94. The first-order chi connectivity index (χ1) is 12.5. The number of benzene rings is 1. The third-order valence-corrected chi connectivity index (χ3v) is 4.94. The van der Waals surface area contributed by atoms with Gasteiger partial charge in [0.1, 0.15) is 5.82 Å². The van der Waals surface area contributed by atoms with Crippen LogP contribution in [0.3, 0.4) is 0 Å². The summed E-state index contributed by atoms with van der Waals surface area (Å²) < 4.78 is 15.5. The van der Waals surface area contributed by atoms with E-state index in [1.54, 1.807) is 34.8 Å². The molecule has 134 valence electrons. The summed E-state index contributed by atoms with van der Waals surface area (Å²) in [4.78, 5) is 21.0. The zero-order valence-corrected chi connectivity index (χ0v) is 14.8. The average Bonchev–Trinajstić information content (AvgIpc) is 3.05. The minimum absolute atomic E-state index is 0.121.